The highest BCUT2D eigenvalue weighted by atomic mass is 16.1. The van der Waals surface area contributed by atoms with Crippen molar-refractivity contribution >= 4 is 11.6 Å². The van der Waals surface area contributed by atoms with Crippen molar-refractivity contribution < 1.29 is 4.79 Å². The van der Waals surface area contributed by atoms with Gasteiger partial charge in [-0.2, -0.15) is 10.4 Å². The third-order valence-corrected chi connectivity index (χ3v) is 2.28. The van der Waals surface area contributed by atoms with E-state index >= 15 is 0 Å². The molecular weight excluding hydrogens is 228 g/mol. The van der Waals surface area contributed by atoms with Gasteiger partial charge in [-0.25, -0.2) is 0 Å². The van der Waals surface area contributed by atoms with Crippen molar-refractivity contribution in [3.63, 3.8) is 0 Å². The number of hydrogen-bond acceptors (Lipinski definition) is 4. The maximum absolute atomic E-state index is 11.8. The van der Waals surface area contributed by atoms with Gasteiger partial charge in [0, 0.05) is 5.69 Å². The van der Waals surface area contributed by atoms with Crippen LogP contribution >= 0.6 is 0 Å². The molecule has 0 aliphatic heterocycles. The molecule has 2 rings (SSSR count). The third kappa shape index (κ3) is 2.68. The summed E-state index contributed by atoms with van der Waals surface area (Å²) in [7, 11) is 0. The molecule has 1 heterocycles. The lowest BCUT2D eigenvalue weighted by Crippen LogP contribution is -2.14. The zero-order valence-corrected chi connectivity index (χ0v) is 9.71. The average molecular weight is 238 g/mol. The van der Waals surface area contributed by atoms with Crippen LogP contribution in [0.2, 0.25) is 0 Å². The smallest absolute Gasteiger partial charge is 0.276 e. The Kier molecular flexibility index (Phi) is 3.30. The fraction of sp³-hybridized carbons (Fsp3) is 0.0769. The molecular formula is C13H10N4O. The SMILES string of the molecule is Cc1ccc(C(=O)Nc2cccc(C#N)c2)nn1. The summed E-state index contributed by atoms with van der Waals surface area (Å²) in [4.78, 5) is 11.8. The van der Waals surface area contributed by atoms with Crippen LogP contribution in [0.4, 0.5) is 5.69 Å². The van der Waals surface area contributed by atoms with Crippen LogP contribution in [0.25, 0.3) is 0 Å². The first-order valence-corrected chi connectivity index (χ1v) is 5.31. The van der Waals surface area contributed by atoms with Crippen molar-refractivity contribution in [3.8, 4) is 6.07 Å². The summed E-state index contributed by atoms with van der Waals surface area (Å²) in [6.45, 7) is 1.80. The molecule has 1 aromatic heterocycles. The predicted octanol–water partition coefficient (Wildman–Crippen LogP) is 1.91. The number of anilines is 1. The number of rotatable bonds is 2. The summed E-state index contributed by atoms with van der Waals surface area (Å²) < 4.78 is 0. The van der Waals surface area contributed by atoms with E-state index in [1.165, 1.54) is 0 Å². The monoisotopic (exact) mass is 238 g/mol. The van der Waals surface area contributed by atoms with Gasteiger partial charge in [0.1, 0.15) is 0 Å². The molecule has 0 aliphatic carbocycles. The Morgan fingerprint density at radius 1 is 1.28 bits per heavy atom. The fourth-order valence-corrected chi connectivity index (χ4v) is 1.38. The summed E-state index contributed by atoms with van der Waals surface area (Å²) in [6.07, 6.45) is 0. The van der Waals surface area contributed by atoms with Gasteiger partial charge in [0.2, 0.25) is 0 Å². The molecule has 0 saturated heterocycles. The van der Waals surface area contributed by atoms with Crippen molar-refractivity contribution in [2.45, 2.75) is 6.92 Å². The van der Waals surface area contributed by atoms with Gasteiger partial charge >= 0.3 is 0 Å². The van der Waals surface area contributed by atoms with Crippen LogP contribution < -0.4 is 5.32 Å². The Labute approximate surface area is 104 Å². The molecule has 5 heteroatoms. The number of nitrogens with one attached hydrogen (secondary N) is 1. The maximum atomic E-state index is 11.8. The van der Waals surface area contributed by atoms with Gasteiger partial charge in [-0.05, 0) is 37.3 Å². The fourth-order valence-electron chi connectivity index (χ4n) is 1.38. The third-order valence-electron chi connectivity index (χ3n) is 2.28. The summed E-state index contributed by atoms with van der Waals surface area (Å²) in [5.41, 5.74) is 2.03. The molecule has 2 aromatic rings. The second-order valence-electron chi connectivity index (χ2n) is 3.71. The summed E-state index contributed by atoms with van der Waals surface area (Å²) in [6, 6.07) is 12.0. The lowest BCUT2D eigenvalue weighted by Gasteiger charge is -2.04. The zero-order chi connectivity index (χ0) is 13.0. The van der Waals surface area contributed by atoms with Crippen LogP contribution in [0, 0.1) is 18.3 Å². The Hall–Kier alpha value is -2.74. The highest BCUT2D eigenvalue weighted by Gasteiger charge is 2.08. The first-order chi connectivity index (χ1) is 8.69. The van der Waals surface area contributed by atoms with Crippen LogP contribution in [-0.4, -0.2) is 16.1 Å². The number of aryl methyl sites for hydroxylation is 1. The van der Waals surface area contributed by atoms with Gasteiger partial charge < -0.3 is 5.32 Å². The normalized spacial score (nSPS) is 9.56. The number of benzene rings is 1. The van der Waals surface area contributed by atoms with Crippen molar-refractivity contribution in [1.29, 1.82) is 5.26 Å². The quantitative estimate of drug-likeness (QED) is 0.866. The Morgan fingerprint density at radius 3 is 2.78 bits per heavy atom. The van der Waals surface area contributed by atoms with Gasteiger partial charge in [0.05, 0.1) is 17.3 Å². The van der Waals surface area contributed by atoms with Gasteiger partial charge in [0.15, 0.2) is 5.69 Å². The molecule has 0 fully saturated rings. The van der Waals surface area contributed by atoms with E-state index in [0.29, 0.717) is 11.3 Å². The lowest BCUT2D eigenvalue weighted by molar-refractivity contribution is 0.102. The van der Waals surface area contributed by atoms with Crippen molar-refractivity contribution in [2.24, 2.45) is 0 Å². The number of nitriles is 1. The largest absolute Gasteiger partial charge is 0.321 e. The van der Waals surface area contributed by atoms with Gasteiger partial charge in [0.25, 0.3) is 5.91 Å². The minimum Gasteiger partial charge on any atom is -0.321 e. The first kappa shape index (κ1) is 11.7. The molecule has 18 heavy (non-hydrogen) atoms. The van der Waals surface area contributed by atoms with E-state index in [4.69, 9.17) is 5.26 Å². The second-order valence-corrected chi connectivity index (χ2v) is 3.71. The molecule has 0 spiro atoms. The van der Waals surface area contributed by atoms with Crippen molar-refractivity contribution in [1.82, 2.24) is 10.2 Å². The highest BCUT2D eigenvalue weighted by Crippen LogP contribution is 2.10. The molecule has 1 N–H and O–H groups in total. The predicted molar refractivity (Wildman–Crippen MR) is 65.9 cm³/mol. The number of carbonyl (C=O) groups is 1. The summed E-state index contributed by atoms with van der Waals surface area (Å²) in [5, 5.41) is 19.0. The zero-order valence-electron chi connectivity index (χ0n) is 9.71. The van der Waals surface area contributed by atoms with E-state index < -0.39 is 0 Å². The molecule has 0 unspecified atom stereocenters. The van der Waals surface area contributed by atoms with E-state index in [0.717, 1.165) is 5.69 Å². The highest BCUT2D eigenvalue weighted by molar-refractivity contribution is 6.02. The standard InChI is InChI=1S/C13H10N4O/c1-9-5-6-12(17-16-9)13(18)15-11-4-2-3-10(7-11)8-14/h2-7H,1H3,(H,15,18). The Morgan fingerprint density at radius 2 is 2.11 bits per heavy atom. The number of nitrogens with zero attached hydrogens (tertiary/aromatic N) is 3. The molecule has 1 amide bonds. The van der Waals surface area contributed by atoms with E-state index in [-0.39, 0.29) is 11.6 Å². The van der Waals surface area contributed by atoms with Crippen LogP contribution in [0.15, 0.2) is 36.4 Å². The first-order valence-electron chi connectivity index (χ1n) is 5.31. The topological polar surface area (TPSA) is 78.7 Å². The molecule has 0 aliphatic rings. The van der Waals surface area contributed by atoms with E-state index in [1.807, 2.05) is 6.07 Å². The van der Waals surface area contributed by atoms with E-state index in [1.54, 1.807) is 43.3 Å². The van der Waals surface area contributed by atoms with Gasteiger partial charge in [-0.15, -0.1) is 5.10 Å². The minimum absolute atomic E-state index is 0.239. The van der Waals surface area contributed by atoms with Gasteiger partial charge in [-0.3, -0.25) is 4.79 Å². The molecule has 0 atom stereocenters. The molecule has 0 saturated carbocycles. The molecule has 0 radical (unpaired) electrons. The number of amides is 1. The van der Waals surface area contributed by atoms with E-state index in [2.05, 4.69) is 15.5 Å². The molecule has 1 aromatic carbocycles. The van der Waals surface area contributed by atoms with Crippen LogP contribution in [-0.2, 0) is 0 Å². The Balaban J connectivity index is 2.16. The van der Waals surface area contributed by atoms with Crippen LogP contribution in [0.3, 0.4) is 0 Å². The molecule has 88 valence electrons. The van der Waals surface area contributed by atoms with Crippen molar-refractivity contribution in [2.75, 3.05) is 5.32 Å². The van der Waals surface area contributed by atoms with Crippen LogP contribution in [0.5, 0.6) is 0 Å². The summed E-state index contributed by atoms with van der Waals surface area (Å²) in [5.74, 6) is -0.349. The number of hydrogen-bond donors (Lipinski definition) is 1. The minimum atomic E-state index is -0.349. The lowest BCUT2D eigenvalue weighted by atomic mass is 10.2. The second kappa shape index (κ2) is 5.06. The molecule has 0 bridgehead atoms. The maximum Gasteiger partial charge on any atom is 0.276 e. The average Bonchev–Trinajstić information content (AvgIpc) is 2.39. The van der Waals surface area contributed by atoms with E-state index in [9.17, 15) is 4.79 Å². The number of aromatic nitrogens is 2. The van der Waals surface area contributed by atoms with Gasteiger partial charge in [-0.1, -0.05) is 6.07 Å². The number of carbonyl (C=O) groups excluding carboxylic acids is 1. The Bertz CT molecular complexity index is 614. The summed E-state index contributed by atoms with van der Waals surface area (Å²) >= 11 is 0. The molecule has 5 nitrogen and oxygen atoms in total. The van der Waals surface area contributed by atoms with Crippen molar-refractivity contribution in [3.05, 3.63) is 53.3 Å². The van der Waals surface area contributed by atoms with Crippen LogP contribution in [0.1, 0.15) is 21.7 Å².